The van der Waals surface area contributed by atoms with Crippen LogP contribution in [0, 0.1) is 5.41 Å². The highest BCUT2D eigenvalue weighted by molar-refractivity contribution is 5.94. The van der Waals surface area contributed by atoms with Crippen molar-refractivity contribution in [3.8, 4) is 0 Å². The van der Waals surface area contributed by atoms with E-state index >= 15 is 0 Å². The highest BCUT2D eigenvalue weighted by Crippen LogP contribution is 2.32. The van der Waals surface area contributed by atoms with Gasteiger partial charge in [0.05, 0.1) is 12.1 Å². The highest BCUT2D eigenvalue weighted by Gasteiger charge is 2.34. The minimum Gasteiger partial charge on any atom is -0.371 e. The van der Waals surface area contributed by atoms with Gasteiger partial charge < -0.3 is 10.6 Å². The van der Waals surface area contributed by atoms with E-state index in [4.69, 9.17) is 5.41 Å². The number of aromatic nitrogens is 2. The quantitative estimate of drug-likeness (QED) is 0.404. The second-order valence-corrected chi connectivity index (χ2v) is 8.86. The Bertz CT molecular complexity index is 1450. The summed E-state index contributed by atoms with van der Waals surface area (Å²) >= 11 is 0. The number of nitrogens with one attached hydrogen (secondary N) is 4. The van der Waals surface area contributed by atoms with E-state index in [1.165, 1.54) is 0 Å². The SMILES string of the molecule is CC(=O)c1ccc(CCN/C(Nc2ccccc2)=c2/c(=O)[nH]c3n(c2=N)[C@H]2CCC[C@H]2N=3)cc1. The molecule has 1 fully saturated rings. The lowest BCUT2D eigenvalue weighted by Crippen LogP contribution is -2.56. The molecule has 4 N–H and O–H groups in total. The van der Waals surface area contributed by atoms with Crippen LogP contribution in [0.4, 0.5) is 5.69 Å². The lowest BCUT2D eigenvalue weighted by molar-refractivity contribution is 0.101. The monoisotopic (exact) mass is 456 g/mol. The number of benzene rings is 2. The maximum Gasteiger partial charge on any atom is 0.265 e. The fourth-order valence-corrected chi connectivity index (χ4v) is 4.84. The van der Waals surface area contributed by atoms with E-state index in [0.717, 1.165) is 30.5 Å². The Balaban J connectivity index is 1.50. The van der Waals surface area contributed by atoms with E-state index in [0.29, 0.717) is 30.0 Å². The maximum atomic E-state index is 13.1. The van der Waals surface area contributed by atoms with Gasteiger partial charge in [0.15, 0.2) is 5.78 Å². The maximum absolute atomic E-state index is 13.1. The summed E-state index contributed by atoms with van der Waals surface area (Å²) in [4.78, 5) is 32.2. The number of Topliss-reactive ketones (excluding diaryl/α,β-unsaturated/α-hetero) is 1. The van der Waals surface area contributed by atoms with Crippen LogP contribution in [0.2, 0.25) is 0 Å². The highest BCUT2D eigenvalue weighted by atomic mass is 16.1. The van der Waals surface area contributed by atoms with Crippen molar-refractivity contribution in [1.29, 1.82) is 5.41 Å². The molecule has 0 bridgehead atoms. The Morgan fingerprint density at radius 2 is 1.91 bits per heavy atom. The molecule has 1 aliphatic carbocycles. The van der Waals surface area contributed by atoms with Crippen molar-refractivity contribution < 1.29 is 4.79 Å². The zero-order chi connectivity index (χ0) is 23.7. The number of carbonyl (C=O) groups excluding carboxylic acids is 1. The van der Waals surface area contributed by atoms with E-state index in [9.17, 15) is 9.59 Å². The number of aromatic amines is 1. The first-order chi connectivity index (χ1) is 16.5. The number of ketones is 1. The first kappa shape index (κ1) is 21.9. The normalized spacial score (nSPS) is 19.1. The first-order valence-electron chi connectivity index (χ1n) is 11.7. The largest absolute Gasteiger partial charge is 0.371 e. The average molecular weight is 457 g/mol. The molecule has 0 spiro atoms. The second-order valence-electron chi connectivity index (χ2n) is 8.86. The summed E-state index contributed by atoms with van der Waals surface area (Å²) in [5.41, 5.74) is 2.92. The summed E-state index contributed by atoms with van der Waals surface area (Å²) in [5, 5.41) is 15.9. The first-order valence-corrected chi connectivity index (χ1v) is 11.7. The molecule has 3 aromatic rings. The minimum absolute atomic E-state index is 0.0416. The van der Waals surface area contributed by atoms with Crippen LogP contribution < -0.4 is 32.5 Å². The number of nitrogens with zero attached hydrogens (tertiary/aromatic N) is 2. The Morgan fingerprint density at radius 1 is 1.15 bits per heavy atom. The molecule has 34 heavy (non-hydrogen) atoms. The van der Waals surface area contributed by atoms with Crippen molar-refractivity contribution in [2.24, 2.45) is 4.99 Å². The molecular weight excluding hydrogens is 428 g/mol. The smallest absolute Gasteiger partial charge is 0.265 e. The Morgan fingerprint density at radius 3 is 2.65 bits per heavy atom. The van der Waals surface area contributed by atoms with E-state index in [1.807, 2.05) is 59.2 Å². The summed E-state index contributed by atoms with van der Waals surface area (Å²) in [7, 11) is 0. The number of para-hydroxylation sites is 1. The Labute approximate surface area is 196 Å². The zero-order valence-electron chi connectivity index (χ0n) is 19.1. The van der Waals surface area contributed by atoms with Crippen LogP contribution in [0.1, 0.15) is 48.1 Å². The number of rotatable bonds is 7. The third-order valence-corrected chi connectivity index (χ3v) is 6.59. The van der Waals surface area contributed by atoms with Gasteiger partial charge in [0, 0.05) is 17.8 Å². The van der Waals surface area contributed by atoms with Crippen molar-refractivity contribution >= 4 is 17.3 Å². The molecule has 0 saturated heterocycles. The molecule has 2 heterocycles. The molecule has 0 amide bonds. The molecule has 0 unspecified atom stereocenters. The molecule has 2 atom stereocenters. The lowest BCUT2D eigenvalue weighted by atomic mass is 10.1. The van der Waals surface area contributed by atoms with Crippen LogP contribution in [0.25, 0.3) is 5.82 Å². The Hall–Kier alpha value is -3.94. The van der Waals surface area contributed by atoms with Crippen LogP contribution in [0.3, 0.4) is 0 Å². The minimum atomic E-state index is -0.336. The number of fused-ring (bicyclic) bond motifs is 3. The van der Waals surface area contributed by atoms with Gasteiger partial charge in [0.2, 0.25) is 5.62 Å². The molecule has 0 radical (unpaired) electrons. The fourth-order valence-electron chi connectivity index (χ4n) is 4.84. The van der Waals surface area contributed by atoms with E-state index < -0.39 is 0 Å². The van der Waals surface area contributed by atoms with Gasteiger partial charge in [0.1, 0.15) is 16.5 Å². The van der Waals surface area contributed by atoms with Crippen LogP contribution in [0.5, 0.6) is 0 Å². The van der Waals surface area contributed by atoms with Crippen molar-refractivity contribution in [3.05, 3.63) is 92.4 Å². The van der Waals surface area contributed by atoms with Crippen LogP contribution in [-0.2, 0) is 6.42 Å². The van der Waals surface area contributed by atoms with Crippen molar-refractivity contribution in [2.75, 3.05) is 11.9 Å². The van der Waals surface area contributed by atoms with Gasteiger partial charge in [-0.2, -0.15) is 0 Å². The number of carbonyl (C=O) groups is 1. The van der Waals surface area contributed by atoms with E-state index in [1.54, 1.807) is 6.92 Å². The standard InChI is InChI=1S/C26H28N6O2/c1-16(33)18-12-10-17(11-13-18)14-15-28-24(29-19-6-3-2-4-7-19)22-23(27)32-21-9-5-8-20(21)30-26(32)31-25(22)34/h2-4,6-7,10-13,20-21,27-29H,5,8-9,14-15H2,1H3,(H,30,31,34)/b24-22-,27-23?/t20-,21+/m1/s1. The van der Waals surface area contributed by atoms with Crippen molar-refractivity contribution in [2.45, 2.75) is 44.7 Å². The average Bonchev–Trinajstić information content (AvgIpc) is 3.41. The molecule has 1 saturated carbocycles. The molecule has 2 aromatic carbocycles. The predicted octanol–water partition coefficient (Wildman–Crippen LogP) is 1.60. The van der Waals surface area contributed by atoms with Gasteiger partial charge in [-0.25, -0.2) is 4.99 Å². The lowest BCUT2D eigenvalue weighted by Gasteiger charge is -2.16. The number of hydrogen-bond acceptors (Lipinski definition) is 6. The predicted molar refractivity (Wildman–Crippen MR) is 130 cm³/mol. The summed E-state index contributed by atoms with van der Waals surface area (Å²) in [6.07, 6.45) is 3.73. The van der Waals surface area contributed by atoms with Gasteiger partial charge in [-0.15, -0.1) is 0 Å². The van der Waals surface area contributed by atoms with E-state index in [2.05, 4.69) is 20.6 Å². The second kappa shape index (κ2) is 9.13. The molecular formula is C26H28N6O2. The van der Waals surface area contributed by atoms with Crippen LogP contribution in [0.15, 0.2) is 64.4 Å². The summed E-state index contributed by atoms with van der Waals surface area (Å²) in [6, 6.07) is 17.4. The van der Waals surface area contributed by atoms with Gasteiger partial charge in [-0.3, -0.25) is 24.5 Å². The number of anilines is 1. The topological polar surface area (TPSA) is 115 Å². The van der Waals surface area contributed by atoms with Crippen molar-refractivity contribution in [1.82, 2.24) is 14.9 Å². The molecule has 2 aliphatic rings. The van der Waals surface area contributed by atoms with Crippen LogP contribution >= 0.6 is 0 Å². The molecule has 174 valence electrons. The van der Waals surface area contributed by atoms with Gasteiger partial charge in [-0.05, 0) is 50.3 Å². The molecule has 1 aromatic heterocycles. The van der Waals surface area contributed by atoms with E-state index in [-0.39, 0.29) is 34.1 Å². The van der Waals surface area contributed by atoms with Gasteiger partial charge >= 0.3 is 0 Å². The third kappa shape index (κ3) is 4.19. The summed E-state index contributed by atoms with van der Waals surface area (Å²) in [6.45, 7) is 2.10. The molecule has 1 aliphatic heterocycles. The van der Waals surface area contributed by atoms with Crippen molar-refractivity contribution in [3.63, 3.8) is 0 Å². The van der Waals surface area contributed by atoms with Gasteiger partial charge in [0.25, 0.3) is 5.56 Å². The zero-order valence-corrected chi connectivity index (χ0v) is 19.1. The fraction of sp³-hybridized carbons (Fsp3) is 0.308. The Kier molecular flexibility index (Phi) is 5.88. The number of hydrogen-bond donors (Lipinski definition) is 4. The molecule has 5 rings (SSSR count). The van der Waals surface area contributed by atoms with Crippen LogP contribution in [-0.4, -0.2) is 27.9 Å². The summed E-state index contributed by atoms with van der Waals surface area (Å²) < 4.78 is 1.88. The summed E-state index contributed by atoms with van der Waals surface area (Å²) in [5.74, 6) is 0.537. The third-order valence-electron chi connectivity index (χ3n) is 6.59. The molecule has 8 heteroatoms. The molecule has 8 nitrogen and oxygen atoms in total. The van der Waals surface area contributed by atoms with Gasteiger partial charge in [-0.1, -0.05) is 42.5 Å². The number of H-pyrrole nitrogens is 1.